The Bertz CT molecular complexity index is 151. The Labute approximate surface area is 61.8 Å². The predicted octanol–water partition coefficient (Wildman–Crippen LogP) is -0.713. The van der Waals surface area contributed by atoms with Crippen LogP contribution in [0.4, 0.5) is 8.78 Å². The third-order valence-corrected chi connectivity index (χ3v) is 1.05. The van der Waals surface area contributed by atoms with Gasteiger partial charge in [0.15, 0.2) is 0 Å². The fourth-order valence-corrected chi connectivity index (χ4v) is 0.513. The average Bonchev–Trinajstić information content (AvgIpc) is 1.86. The van der Waals surface area contributed by atoms with E-state index in [1.807, 2.05) is 0 Å². The number of hydrogen-bond acceptors (Lipinski definition) is 3. The van der Waals surface area contributed by atoms with Crippen LogP contribution in [0.5, 0.6) is 0 Å². The van der Waals surface area contributed by atoms with E-state index in [1.165, 1.54) is 7.05 Å². The average molecular weight is 169 g/mol. The van der Waals surface area contributed by atoms with Gasteiger partial charge in [-0.05, 0) is 7.05 Å². The molecule has 0 aromatic heterocycles. The summed E-state index contributed by atoms with van der Waals surface area (Å²) in [5.74, 6) is -5.55. The molecule has 1 unspecified atom stereocenters. The summed E-state index contributed by atoms with van der Waals surface area (Å²) < 4.78 is 24.8. The van der Waals surface area contributed by atoms with Gasteiger partial charge < -0.3 is 15.5 Å². The van der Waals surface area contributed by atoms with Crippen LogP contribution >= 0.6 is 0 Å². The van der Waals surface area contributed by atoms with E-state index >= 15 is 0 Å². The Kier molecular flexibility index (Phi) is 3.34. The van der Waals surface area contributed by atoms with E-state index in [4.69, 9.17) is 10.2 Å². The van der Waals surface area contributed by atoms with E-state index in [-0.39, 0.29) is 0 Å². The number of alkyl halides is 2. The molecule has 1 atom stereocenters. The Morgan fingerprint density at radius 1 is 1.73 bits per heavy atom. The second-order valence-electron chi connectivity index (χ2n) is 2.03. The third-order valence-electron chi connectivity index (χ3n) is 1.05. The summed E-state index contributed by atoms with van der Waals surface area (Å²) in [6.45, 7) is -0.861. The van der Waals surface area contributed by atoms with Crippen molar-refractivity contribution >= 4 is 5.97 Å². The summed E-state index contributed by atoms with van der Waals surface area (Å²) in [6.07, 6.45) is -2.64. The fourth-order valence-electron chi connectivity index (χ4n) is 0.513. The highest BCUT2D eigenvalue weighted by Gasteiger charge is 2.42. The number of carboxylic acid groups (broad SMARTS) is 1. The molecular formula is C5H9F2NO3. The van der Waals surface area contributed by atoms with Gasteiger partial charge in [-0.2, -0.15) is 0 Å². The molecule has 11 heavy (non-hydrogen) atoms. The van der Waals surface area contributed by atoms with Crippen LogP contribution in [0.25, 0.3) is 0 Å². The van der Waals surface area contributed by atoms with E-state index in [0.717, 1.165) is 0 Å². The van der Waals surface area contributed by atoms with Crippen molar-refractivity contribution in [1.82, 2.24) is 5.32 Å². The molecule has 0 aliphatic rings. The van der Waals surface area contributed by atoms with Crippen LogP contribution in [0.1, 0.15) is 0 Å². The van der Waals surface area contributed by atoms with Gasteiger partial charge in [0.05, 0.1) is 6.54 Å². The van der Waals surface area contributed by atoms with Gasteiger partial charge >= 0.3 is 5.97 Å². The first-order valence-corrected chi connectivity index (χ1v) is 2.85. The lowest BCUT2D eigenvalue weighted by Crippen LogP contribution is -2.46. The highest BCUT2D eigenvalue weighted by molar-refractivity contribution is 5.73. The number of aliphatic hydroxyl groups excluding tert-OH is 1. The molecular weight excluding hydrogens is 160 g/mol. The van der Waals surface area contributed by atoms with Crippen molar-refractivity contribution in [2.45, 2.75) is 12.0 Å². The molecule has 0 bridgehead atoms. The van der Waals surface area contributed by atoms with Gasteiger partial charge in [-0.25, -0.2) is 13.6 Å². The Hall–Kier alpha value is -0.750. The van der Waals surface area contributed by atoms with E-state index < -0.39 is 24.5 Å². The molecule has 3 N–H and O–H groups in total. The standard InChI is InChI=1S/C5H9F2NO3/c1-8-2-5(6,7)3(9)4(10)11/h3,8-9H,2H2,1H3,(H,10,11). The van der Waals surface area contributed by atoms with Gasteiger partial charge in [0.25, 0.3) is 5.92 Å². The van der Waals surface area contributed by atoms with Gasteiger partial charge in [0.1, 0.15) is 0 Å². The molecule has 6 heteroatoms. The number of aliphatic carboxylic acids is 1. The van der Waals surface area contributed by atoms with Crippen LogP contribution in [0.3, 0.4) is 0 Å². The number of hydrogen-bond donors (Lipinski definition) is 3. The van der Waals surface area contributed by atoms with E-state index in [9.17, 15) is 13.6 Å². The smallest absolute Gasteiger partial charge is 0.338 e. The largest absolute Gasteiger partial charge is 0.479 e. The summed E-state index contributed by atoms with van der Waals surface area (Å²) >= 11 is 0. The minimum absolute atomic E-state index is 0.861. The number of nitrogens with one attached hydrogen (secondary N) is 1. The summed E-state index contributed by atoms with van der Waals surface area (Å²) in [5.41, 5.74) is 0. The van der Waals surface area contributed by atoms with Crippen LogP contribution < -0.4 is 5.32 Å². The highest BCUT2D eigenvalue weighted by atomic mass is 19.3. The molecule has 0 saturated heterocycles. The maximum atomic E-state index is 12.4. The van der Waals surface area contributed by atoms with Crippen LogP contribution in [-0.2, 0) is 4.79 Å². The van der Waals surface area contributed by atoms with E-state index in [2.05, 4.69) is 5.32 Å². The number of aliphatic hydroxyl groups is 1. The fraction of sp³-hybridized carbons (Fsp3) is 0.800. The number of rotatable bonds is 4. The quantitative estimate of drug-likeness (QED) is 0.519. The van der Waals surface area contributed by atoms with Crippen molar-refractivity contribution in [1.29, 1.82) is 0 Å². The SMILES string of the molecule is CNCC(F)(F)C(O)C(=O)O. The van der Waals surface area contributed by atoms with Gasteiger partial charge in [-0.1, -0.05) is 0 Å². The van der Waals surface area contributed by atoms with Crippen molar-refractivity contribution in [3.8, 4) is 0 Å². The summed E-state index contributed by atoms with van der Waals surface area (Å²) in [6, 6.07) is 0. The van der Waals surface area contributed by atoms with Crippen molar-refractivity contribution in [3.63, 3.8) is 0 Å². The molecule has 0 amide bonds. The second-order valence-corrected chi connectivity index (χ2v) is 2.03. The van der Waals surface area contributed by atoms with Gasteiger partial charge in [-0.3, -0.25) is 0 Å². The molecule has 0 aromatic carbocycles. The van der Waals surface area contributed by atoms with Crippen LogP contribution in [0.15, 0.2) is 0 Å². The topological polar surface area (TPSA) is 69.6 Å². The lowest BCUT2D eigenvalue weighted by molar-refractivity contribution is -0.169. The Balaban J connectivity index is 4.16. The predicted molar refractivity (Wildman–Crippen MR) is 32.5 cm³/mol. The molecule has 0 aromatic rings. The molecule has 0 aliphatic heterocycles. The number of carboxylic acids is 1. The normalized spacial score (nSPS) is 14.5. The minimum Gasteiger partial charge on any atom is -0.479 e. The van der Waals surface area contributed by atoms with Crippen LogP contribution in [-0.4, -0.2) is 41.8 Å². The monoisotopic (exact) mass is 169 g/mol. The molecule has 0 aliphatic carbocycles. The summed E-state index contributed by atoms with van der Waals surface area (Å²) in [7, 11) is 1.24. The first kappa shape index (κ1) is 10.2. The Morgan fingerprint density at radius 2 is 2.18 bits per heavy atom. The second kappa shape index (κ2) is 3.59. The van der Waals surface area contributed by atoms with Gasteiger partial charge in [0, 0.05) is 0 Å². The van der Waals surface area contributed by atoms with Gasteiger partial charge in [-0.15, -0.1) is 0 Å². The molecule has 4 nitrogen and oxygen atoms in total. The zero-order valence-electron chi connectivity index (χ0n) is 5.84. The first-order chi connectivity index (χ1) is 4.91. The minimum atomic E-state index is -3.62. The maximum absolute atomic E-state index is 12.4. The highest BCUT2D eigenvalue weighted by Crippen LogP contribution is 2.17. The van der Waals surface area contributed by atoms with E-state index in [1.54, 1.807) is 0 Å². The van der Waals surface area contributed by atoms with Crippen LogP contribution in [0.2, 0.25) is 0 Å². The number of halogens is 2. The summed E-state index contributed by atoms with van der Waals surface area (Å²) in [4.78, 5) is 9.86. The lowest BCUT2D eigenvalue weighted by Gasteiger charge is -2.18. The molecule has 0 heterocycles. The molecule has 0 rings (SSSR count). The maximum Gasteiger partial charge on any atom is 0.338 e. The first-order valence-electron chi connectivity index (χ1n) is 2.85. The third kappa shape index (κ3) is 2.77. The number of carbonyl (C=O) groups is 1. The van der Waals surface area contributed by atoms with Crippen molar-refractivity contribution < 1.29 is 23.8 Å². The molecule has 66 valence electrons. The van der Waals surface area contributed by atoms with Crippen molar-refractivity contribution in [2.24, 2.45) is 0 Å². The lowest BCUT2D eigenvalue weighted by atomic mass is 10.2. The van der Waals surface area contributed by atoms with Crippen molar-refractivity contribution in [2.75, 3.05) is 13.6 Å². The molecule has 0 fully saturated rings. The zero-order chi connectivity index (χ0) is 9.07. The Morgan fingerprint density at radius 3 is 2.45 bits per heavy atom. The summed E-state index contributed by atoms with van der Waals surface area (Å²) in [5, 5.41) is 18.5. The van der Waals surface area contributed by atoms with E-state index in [0.29, 0.717) is 0 Å². The zero-order valence-corrected chi connectivity index (χ0v) is 5.84. The van der Waals surface area contributed by atoms with Crippen LogP contribution in [0, 0.1) is 0 Å². The van der Waals surface area contributed by atoms with Gasteiger partial charge in [0.2, 0.25) is 6.10 Å². The van der Waals surface area contributed by atoms with Crippen molar-refractivity contribution in [3.05, 3.63) is 0 Å². The molecule has 0 spiro atoms. The molecule has 0 saturated carbocycles. The molecule has 0 radical (unpaired) electrons.